The lowest BCUT2D eigenvalue weighted by molar-refractivity contribution is 0.429. The van der Waals surface area contributed by atoms with E-state index in [4.69, 9.17) is 10.5 Å². The fourth-order valence-electron chi connectivity index (χ4n) is 1.30. The van der Waals surface area contributed by atoms with Crippen molar-refractivity contribution >= 4 is 5.69 Å². The van der Waals surface area contributed by atoms with Crippen LogP contribution in [0, 0.1) is 12.7 Å². The number of nitrogens with zero attached hydrogens (tertiary/aromatic N) is 1. The first-order chi connectivity index (χ1) is 7.66. The lowest BCUT2D eigenvalue weighted by atomic mass is 10.3. The summed E-state index contributed by atoms with van der Waals surface area (Å²) < 4.78 is 18.6. The molecule has 2 N–H and O–H groups in total. The van der Waals surface area contributed by atoms with Crippen molar-refractivity contribution in [2.24, 2.45) is 0 Å². The Morgan fingerprint density at radius 1 is 1.31 bits per heavy atom. The number of para-hydroxylation sites is 1. The Morgan fingerprint density at radius 2 is 2.06 bits per heavy atom. The van der Waals surface area contributed by atoms with Crippen molar-refractivity contribution in [3.05, 3.63) is 47.9 Å². The number of ether oxygens (including phenoxy) is 1. The minimum Gasteiger partial charge on any atom is -0.434 e. The first-order valence-electron chi connectivity index (χ1n) is 4.81. The standard InChI is InChI=1S/C12H11FN2O/c1-8-6-10(14)12(15-7-8)16-11-5-3-2-4-9(11)13/h2-7H,14H2,1H3. The van der Waals surface area contributed by atoms with Crippen molar-refractivity contribution < 1.29 is 9.13 Å². The second-order valence-corrected chi connectivity index (χ2v) is 3.44. The van der Waals surface area contributed by atoms with Gasteiger partial charge in [-0.15, -0.1) is 0 Å². The molecule has 0 radical (unpaired) electrons. The van der Waals surface area contributed by atoms with E-state index in [2.05, 4.69) is 4.98 Å². The van der Waals surface area contributed by atoms with Crippen LogP contribution >= 0.6 is 0 Å². The molecule has 16 heavy (non-hydrogen) atoms. The van der Waals surface area contributed by atoms with Crippen molar-refractivity contribution in [3.8, 4) is 11.6 Å². The molecule has 0 atom stereocenters. The summed E-state index contributed by atoms with van der Waals surface area (Å²) in [7, 11) is 0. The van der Waals surface area contributed by atoms with Crippen LogP contribution in [0.1, 0.15) is 5.56 Å². The third-order valence-corrected chi connectivity index (χ3v) is 2.06. The molecule has 0 bridgehead atoms. The van der Waals surface area contributed by atoms with Gasteiger partial charge >= 0.3 is 0 Å². The molecular weight excluding hydrogens is 207 g/mol. The SMILES string of the molecule is Cc1cnc(Oc2ccccc2F)c(N)c1. The van der Waals surface area contributed by atoms with Gasteiger partial charge in [0.25, 0.3) is 0 Å². The lowest BCUT2D eigenvalue weighted by Gasteiger charge is -2.08. The summed E-state index contributed by atoms with van der Waals surface area (Å²) in [5.41, 5.74) is 7.03. The third kappa shape index (κ3) is 2.11. The highest BCUT2D eigenvalue weighted by Crippen LogP contribution is 2.26. The van der Waals surface area contributed by atoms with Gasteiger partial charge in [0.2, 0.25) is 5.88 Å². The zero-order chi connectivity index (χ0) is 11.5. The van der Waals surface area contributed by atoms with E-state index >= 15 is 0 Å². The van der Waals surface area contributed by atoms with Crippen LogP contribution in [0.15, 0.2) is 36.5 Å². The summed E-state index contributed by atoms with van der Waals surface area (Å²) >= 11 is 0. The fourth-order valence-corrected chi connectivity index (χ4v) is 1.30. The third-order valence-electron chi connectivity index (χ3n) is 2.06. The second-order valence-electron chi connectivity index (χ2n) is 3.44. The van der Waals surface area contributed by atoms with Crippen molar-refractivity contribution in [2.75, 3.05) is 5.73 Å². The van der Waals surface area contributed by atoms with Crippen LogP contribution in [0.2, 0.25) is 0 Å². The normalized spacial score (nSPS) is 10.1. The van der Waals surface area contributed by atoms with E-state index in [0.717, 1.165) is 5.56 Å². The molecular formula is C12H11FN2O. The van der Waals surface area contributed by atoms with Crippen molar-refractivity contribution in [3.63, 3.8) is 0 Å². The van der Waals surface area contributed by atoms with Crippen LogP contribution in [0.3, 0.4) is 0 Å². The maximum Gasteiger partial charge on any atom is 0.242 e. The first-order valence-corrected chi connectivity index (χ1v) is 4.81. The monoisotopic (exact) mass is 218 g/mol. The van der Waals surface area contributed by atoms with Gasteiger partial charge in [0.05, 0.1) is 5.69 Å². The number of nitrogens with two attached hydrogens (primary N) is 1. The molecule has 1 aromatic carbocycles. The predicted molar refractivity (Wildman–Crippen MR) is 59.9 cm³/mol. The molecule has 1 aromatic heterocycles. The molecule has 2 aromatic rings. The van der Waals surface area contributed by atoms with E-state index in [0.29, 0.717) is 5.69 Å². The lowest BCUT2D eigenvalue weighted by Crippen LogP contribution is -1.96. The van der Waals surface area contributed by atoms with Crippen LogP contribution in [-0.4, -0.2) is 4.98 Å². The number of aryl methyl sites for hydroxylation is 1. The number of hydrogen-bond donors (Lipinski definition) is 1. The largest absolute Gasteiger partial charge is 0.434 e. The van der Waals surface area contributed by atoms with Gasteiger partial charge in [-0.2, -0.15) is 0 Å². The first kappa shape index (κ1) is 10.4. The van der Waals surface area contributed by atoms with E-state index in [9.17, 15) is 4.39 Å². The van der Waals surface area contributed by atoms with Gasteiger partial charge in [0, 0.05) is 6.20 Å². The highest BCUT2D eigenvalue weighted by atomic mass is 19.1. The number of benzene rings is 1. The number of nitrogen functional groups attached to an aromatic ring is 1. The summed E-state index contributed by atoms with van der Waals surface area (Å²) in [6.45, 7) is 1.87. The van der Waals surface area contributed by atoms with Gasteiger partial charge in [0.15, 0.2) is 11.6 Å². The van der Waals surface area contributed by atoms with E-state index in [1.165, 1.54) is 12.1 Å². The van der Waals surface area contributed by atoms with Crippen LogP contribution in [0.25, 0.3) is 0 Å². The maximum atomic E-state index is 13.3. The van der Waals surface area contributed by atoms with Crippen LogP contribution in [-0.2, 0) is 0 Å². The Bertz CT molecular complexity index is 514. The van der Waals surface area contributed by atoms with Crippen molar-refractivity contribution in [1.29, 1.82) is 0 Å². The molecule has 0 saturated heterocycles. The van der Waals surface area contributed by atoms with E-state index in [1.54, 1.807) is 24.4 Å². The molecule has 0 amide bonds. The second kappa shape index (κ2) is 4.18. The summed E-state index contributed by atoms with van der Waals surface area (Å²) in [6.07, 6.45) is 1.62. The van der Waals surface area contributed by atoms with Crippen LogP contribution < -0.4 is 10.5 Å². The average molecular weight is 218 g/mol. The minimum absolute atomic E-state index is 0.116. The maximum absolute atomic E-state index is 13.3. The van der Waals surface area contributed by atoms with Gasteiger partial charge in [-0.05, 0) is 30.7 Å². The Kier molecular flexibility index (Phi) is 2.72. The number of rotatable bonds is 2. The highest BCUT2D eigenvalue weighted by Gasteiger charge is 2.07. The Hall–Kier alpha value is -2.10. The van der Waals surface area contributed by atoms with Crippen molar-refractivity contribution in [2.45, 2.75) is 6.92 Å². The fraction of sp³-hybridized carbons (Fsp3) is 0.0833. The predicted octanol–water partition coefficient (Wildman–Crippen LogP) is 2.90. The highest BCUT2D eigenvalue weighted by molar-refractivity contribution is 5.50. The zero-order valence-electron chi connectivity index (χ0n) is 8.77. The molecule has 2 rings (SSSR count). The minimum atomic E-state index is -0.440. The summed E-state index contributed by atoms with van der Waals surface area (Å²) in [5.74, 6) is -0.106. The molecule has 4 heteroatoms. The van der Waals surface area contributed by atoms with Gasteiger partial charge < -0.3 is 10.5 Å². The number of halogens is 1. The smallest absolute Gasteiger partial charge is 0.242 e. The number of anilines is 1. The summed E-state index contributed by atoms with van der Waals surface area (Å²) in [6, 6.07) is 7.84. The summed E-state index contributed by atoms with van der Waals surface area (Å²) in [4.78, 5) is 4.00. The molecule has 0 fully saturated rings. The van der Waals surface area contributed by atoms with E-state index < -0.39 is 5.82 Å². The quantitative estimate of drug-likeness (QED) is 0.843. The number of hydrogen-bond acceptors (Lipinski definition) is 3. The van der Waals surface area contributed by atoms with Gasteiger partial charge in [-0.3, -0.25) is 0 Å². The van der Waals surface area contributed by atoms with Crippen molar-refractivity contribution in [1.82, 2.24) is 4.98 Å². The average Bonchev–Trinajstić information content (AvgIpc) is 2.25. The molecule has 82 valence electrons. The molecule has 0 saturated carbocycles. The molecule has 0 aliphatic rings. The van der Waals surface area contributed by atoms with Gasteiger partial charge in [-0.25, -0.2) is 9.37 Å². The topological polar surface area (TPSA) is 48.1 Å². The van der Waals surface area contributed by atoms with E-state index in [1.807, 2.05) is 6.92 Å². The molecule has 0 unspecified atom stereocenters. The van der Waals surface area contributed by atoms with Crippen LogP contribution in [0.4, 0.5) is 10.1 Å². The molecule has 0 spiro atoms. The van der Waals surface area contributed by atoms with Gasteiger partial charge in [-0.1, -0.05) is 12.1 Å². The molecule has 0 aliphatic heterocycles. The Balaban J connectivity index is 2.31. The number of pyridine rings is 1. The molecule has 0 aliphatic carbocycles. The number of aromatic nitrogens is 1. The van der Waals surface area contributed by atoms with Crippen LogP contribution in [0.5, 0.6) is 11.6 Å². The van der Waals surface area contributed by atoms with Gasteiger partial charge in [0.1, 0.15) is 0 Å². The Morgan fingerprint density at radius 3 is 2.75 bits per heavy atom. The van der Waals surface area contributed by atoms with E-state index in [-0.39, 0.29) is 11.6 Å². The molecule has 3 nitrogen and oxygen atoms in total. The summed E-state index contributed by atoms with van der Waals surface area (Å²) in [5, 5.41) is 0. The Labute approximate surface area is 92.7 Å². The zero-order valence-corrected chi connectivity index (χ0v) is 8.77. The molecule has 1 heterocycles.